The topological polar surface area (TPSA) is 33.1 Å². The Morgan fingerprint density at radius 1 is 1.32 bits per heavy atom. The highest BCUT2D eigenvalue weighted by Crippen LogP contribution is 2.20. The molecule has 1 aromatic heterocycles. The quantitative estimate of drug-likeness (QED) is 0.910. The number of pyridine rings is 1. The Morgan fingerprint density at radius 3 is 2.84 bits per heavy atom. The highest BCUT2D eigenvalue weighted by atomic mass is 35.5. The number of aromatic nitrogens is 1. The fraction of sp³-hybridized carbons (Fsp3) is 0.267. The van der Waals surface area contributed by atoms with Crippen LogP contribution in [0.25, 0.3) is 0 Å². The molecule has 0 aliphatic rings. The summed E-state index contributed by atoms with van der Waals surface area (Å²) in [6.07, 6.45) is 4.82. The van der Waals surface area contributed by atoms with Crippen molar-refractivity contribution in [2.24, 2.45) is 0 Å². The molecule has 0 bridgehead atoms. The molecule has 0 saturated heterocycles. The van der Waals surface area contributed by atoms with Crippen LogP contribution in [0.2, 0.25) is 5.02 Å². The molecular weight excluding hydrogens is 265 g/mol. The van der Waals surface area contributed by atoms with Gasteiger partial charge in [-0.1, -0.05) is 23.7 Å². The summed E-state index contributed by atoms with van der Waals surface area (Å²) in [5.41, 5.74) is 1.86. The lowest BCUT2D eigenvalue weighted by molar-refractivity contribution is 0.165. The van der Waals surface area contributed by atoms with Crippen LogP contribution in [0, 0.1) is 5.82 Å². The number of aryl methyl sites for hydroxylation is 1. The molecule has 4 heteroatoms. The second-order valence-corrected chi connectivity index (χ2v) is 4.90. The van der Waals surface area contributed by atoms with E-state index in [4.69, 9.17) is 11.6 Å². The maximum absolute atomic E-state index is 12.9. The molecule has 0 aliphatic heterocycles. The van der Waals surface area contributed by atoms with E-state index in [1.807, 2.05) is 12.1 Å². The lowest BCUT2D eigenvalue weighted by Gasteiger charge is -2.11. The number of halogens is 2. The molecule has 100 valence electrons. The minimum Gasteiger partial charge on any atom is -0.393 e. The van der Waals surface area contributed by atoms with E-state index in [9.17, 15) is 9.50 Å². The second-order valence-electron chi connectivity index (χ2n) is 4.49. The van der Waals surface area contributed by atoms with E-state index >= 15 is 0 Å². The van der Waals surface area contributed by atoms with E-state index in [2.05, 4.69) is 4.98 Å². The minimum atomic E-state index is -0.497. The predicted octanol–water partition coefficient (Wildman–Crippen LogP) is 3.41. The molecule has 1 unspecified atom stereocenters. The summed E-state index contributed by atoms with van der Waals surface area (Å²) in [5, 5.41) is 10.3. The average Bonchev–Trinajstić information content (AvgIpc) is 2.41. The van der Waals surface area contributed by atoms with Gasteiger partial charge in [0.15, 0.2) is 0 Å². The van der Waals surface area contributed by atoms with Crippen LogP contribution in [0.4, 0.5) is 4.39 Å². The number of benzene rings is 1. The number of aliphatic hydroxyl groups is 1. The lowest BCUT2D eigenvalue weighted by Crippen LogP contribution is -2.12. The first-order valence-electron chi connectivity index (χ1n) is 6.16. The van der Waals surface area contributed by atoms with Gasteiger partial charge in [-0.05, 0) is 48.6 Å². The standard InChI is InChI=1S/C15H15ClFNO/c16-15-9-13(17)5-4-12(15)8-14(19)6-3-11-2-1-7-18-10-11/h1-2,4-5,7,9-10,14,19H,3,6,8H2. The van der Waals surface area contributed by atoms with Crippen LogP contribution in [0.5, 0.6) is 0 Å². The molecule has 0 saturated carbocycles. The third-order valence-electron chi connectivity index (χ3n) is 2.96. The smallest absolute Gasteiger partial charge is 0.124 e. The van der Waals surface area contributed by atoms with Crippen molar-refractivity contribution >= 4 is 11.6 Å². The van der Waals surface area contributed by atoms with Crippen molar-refractivity contribution in [1.82, 2.24) is 4.98 Å². The molecule has 0 amide bonds. The zero-order chi connectivity index (χ0) is 13.7. The summed E-state index contributed by atoms with van der Waals surface area (Å²) in [4.78, 5) is 4.03. The zero-order valence-corrected chi connectivity index (χ0v) is 11.1. The second kappa shape index (κ2) is 6.64. The Bertz CT molecular complexity index is 533. The number of nitrogens with zero attached hydrogens (tertiary/aromatic N) is 1. The summed E-state index contributed by atoms with van der Waals surface area (Å²) in [6, 6.07) is 8.09. The average molecular weight is 280 g/mol. The van der Waals surface area contributed by atoms with Gasteiger partial charge in [-0.2, -0.15) is 0 Å². The first-order chi connectivity index (χ1) is 9.15. The molecule has 0 aliphatic carbocycles. The largest absolute Gasteiger partial charge is 0.393 e. The van der Waals surface area contributed by atoms with Crippen LogP contribution in [0.15, 0.2) is 42.7 Å². The van der Waals surface area contributed by atoms with Crippen LogP contribution in [0.1, 0.15) is 17.5 Å². The van der Waals surface area contributed by atoms with Gasteiger partial charge in [-0.3, -0.25) is 4.98 Å². The maximum Gasteiger partial charge on any atom is 0.124 e. The predicted molar refractivity (Wildman–Crippen MR) is 73.7 cm³/mol. The van der Waals surface area contributed by atoms with E-state index < -0.39 is 6.10 Å². The van der Waals surface area contributed by atoms with E-state index in [-0.39, 0.29) is 5.82 Å². The van der Waals surface area contributed by atoms with E-state index in [1.54, 1.807) is 18.5 Å². The molecule has 19 heavy (non-hydrogen) atoms. The number of hydrogen-bond acceptors (Lipinski definition) is 2. The molecule has 2 rings (SSSR count). The molecule has 2 aromatic rings. The van der Waals surface area contributed by atoms with Gasteiger partial charge in [0, 0.05) is 17.4 Å². The van der Waals surface area contributed by atoms with Crippen LogP contribution in [0.3, 0.4) is 0 Å². The maximum atomic E-state index is 12.9. The highest BCUT2D eigenvalue weighted by molar-refractivity contribution is 6.31. The van der Waals surface area contributed by atoms with E-state index in [1.165, 1.54) is 12.1 Å². The number of aliphatic hydroxyl groups excluding tert-OH is 1. The van der Waals surface area contributed by atoms with Crippen molar-refractivity contribution < 1.29 is 9.50 Å². The van der Waals surface area contributed by atoms with Crippen molar-refractivity contribution in [2.45, 2.75) is 25.4 Å². The molecular formula is C15H15ClFNO. The molecule has 0 fully saturated rings. The van der Waals surface area contributed by atoms with Gasteiger partial charge in [-0.25, -0.2) is 4.39 Å². The molecule has 0 radical (unpaired) electrons. The third kappa shape index (κ3) is 4.30. The SMILES string of the molecule is OC(CCc1cccnc1)Cc1ccc(F)cc1Cl. The number of hydrogen-bond donors (Lipinski definition) is 1. The monoisotopic (exact) mass is 279 g/mol. The van der Waals surface area contributed by atoms with Gasteiger partial charge in [0.25, 0.3) is 0 Å². The van der Waals surface area contributed by atoms with Crippen molar-refractivity contribution in [3.05, 3.63) is 64.7 Å². The molecule has 1 heterocycles. The van der Waals surface area contributed by atoms with Crippen LogP contribution < -0.4 is 0 Å². The van der Waals surface area contributed by atoms with Crippen LogP contribution in [-0.2, 0) is 12.8 Å². The fourth-order valence-electron chi connectivity index (χ4n) is 1.92. The van der Waals surface area contributed by atoms with Gasteiger partial charge < -0.3 is 5.11 Å². The minimum absolute atomic E-state index is 0.362. The van der Waals surface area contributed by atoms with E-state index in [0.717, 1.165) is 17.5 Å². The third-order valence-corrected chi connectivity index (χ3v) is 3.31. The summed E-state index contributed by atoms with van der Waals surface area (Å²) < 4.78 is 12.9. The van der Waals surface area contributed by atoms with Crippen molar-refractivity contribution in [3.63, 3.8) is 0 Å². The molecule has 0 spiro atoms. The van der Waals surface area contributed by atoms with Gasteiger partial charge in [0.2, 0.25) is 0 Å². The summed E-state index contributed by atoms with van der Waals surface area (Å²) in [5.74, 6) is -0.362. The normalized spacial score (nSPS) is 12.4. The Labute approximate surface area is 116 Å². The fourth-order valence-corrected chi connectivity index (χ4v) is 2.17. The van der Waals surface area contributed by atoms with Gasteiger partial charge in [-0.15, -0.1) is 0 Å². The molecule has 1 aromatic carbocycles. The molecule has 1 atom stereocenters. The first-order valence-corrected chi connectivity index (χ1v) is 6.54. The van der Waals surface area contributed by atoms with Gasteiger partial charge >= 0.3 is 0 Å². The van der Waals surface area contributed by atoms with E-state index in [0.29, 0.717) is 17.9 Å². The Hall–Kier alpha value is -1.45. The lowest BCUT2D eigenvalue weighted by atomic mass is 10.0. The summed E-state index contributed by atoms with van der Waals surface area (Å²) in [7, 11) is 0. The molecule has 1 N–H and O–H groups in total. The zero-order valence-electron chi connectivity index (χ0n) is 10.4. The van der Waals surface area contributed by atoms with Crippen molar-refractivity contribution in [1.29, 1.82) is 0 Å². The number of rotatable bonds is 5. The van der Waals surface area contributed by atoms with Crippen molar-refractivity contribution in [2.75, 3.05) is 0 Å². The van der Waals surface area contributed by atoms with Crippen molar-refractivity contribution in [3.8, 4) is 0 Å². The first kappa shape index (κ1) is 14.0. The summed E-state index contributed by atoms with van der Waals surface area (Å²) in [6.45, 7) is 0. The van der Waals surface area contributed by atoms with Crippen LogP contribution >= 0.6 is 11.6 Å². The Kier molecular flexibility index (Phi) is 4.88. The van der Waals surface area contributed by atoms with Crippen LogP contribution in [-0.4, -0.2) is 16.2 Å². The summed E-state index contributed by atoms with van der Waals surface area (Å²) >= 11 is 5.93. The van der Waals surface area contributed by atoms with Gasteiger partial charge in [0.1, 0.15) is 5.82 Å². The van der Waals surface area contributed by atoms with Gasteiger partial charge in [0.05, 0.1) is 6.10 Å². The Morgan fingerprint density at radius 2 is 2.16 bits per heavy atom. The Balaban J connectivity index is 1.89. The molecule has 2 nitrogen and oxygen atoms in total. The highest BCUT2D eigenvalue weighted by Gasteiger charge is 2.09.